The summed E-state index contributed by atoms with van der Waals surface area (Å²) in [6.45, 7) is 9.79. The number of fused-ring (bicyclic) bond motifs is 1. The number of ketones is 1. The predicted octanol–water partition coefficient (Wildman–Crippen LogP) is 3.57. The van der Waals surface area contributed by atoms with Gasteiger partial charge in [0.15, 0.2) is 5.78 Å². The largest absolute Gasteiger partial charge is 0.490 e. The number of Topliss-reactive ketones (excluding diaryl/α,β-unsaturated/α-hetero) is 1. The molecule has 0 spiro atoms. The van der Waals surface area contributed by atoms with Crippen LogP contribution in [-0.2, 0) is 0 Å². The lowest BCUT2D eigenvalue weighted by Crippen LogP contribution is -2.41. The number of carbonyl (C=O) groups excluding carboxylic acids is 1. The zero-order valence-corrected chi connectivity index (χ0v) is 14.0. The van der Waals surface area contributed by atoms with Gasteiger partial charge in [-0.25, -0.2) is 0 Å². The van der Waals surface area contributed by atoms with Crippen molar-refractivity contribution >= 4 is 11.5 Å². The summed E-state index contributed by atoms with van der Waals surface area (Å²) >= 11 is 0. The minimum atomic E-state index is -0.0286. The molecular formula is C18H28N2O2. The maximum absolute atomic E-state index is 12.9. The highest BCUT2D eigenvalue weighted by Crippen LogP contribution is 2.29. The van der Waals surface area contributed by atoms with Gasteiger partial charge in [0.2, 0.25) is 0 Å². The van der Waals surface area contributed by atoms with Crippen molar-refractivity contribution in [2.45, 2.75) is 46.1 Å². The Morgan fingerprint density at radius 1 is 1.36 bits per heavy atom. The topological polar surface area (TPSA) is 41.6 Å². The van der Waals surface area contributed by atoms with E-state index >= 15 is 0 Å². The summed E-state index contributed by atoms with van der Waals surface area (Å²) < 4.78 is 5.58. The second-order valence-electron chi connectivity index (χ2n) is 5.76. The predicted molar refractivity (Wildman–Crippen MR) is 91.0 cm³/mol. The van der Waals surface area contributed by atoms with Crippen molar-refractivity contribution in [2.24, 2.45) is 0 Å². The molecule has 1 heterocycles. The van der Waals surface area contributed by atoms with Gasteiger partial charge < -0.3 is 10.1 Å². The fourth-order valence-electron chi connectivity index (χ4n) is 2.99. The zero-order valence-electron chi connectivity index (χ0n) is 14.0. The minimum absolute atomic E-state index is 0.0286. The van der Waals surface area contributed by atoms with Gasteiger partial charge in [-0.15, -0.1) is 0 Å². The molecule has 1 unspecified atom stereocenters. The highest BCUT2D eigenvalue weighted by molar-refractivity contribution is 6.01. The molecule has 22 heavy (non-hydrogen) atoms. The van der Waals surface area contributed by atoms with Crippen molar-refractivity contribution in [2.75, 3.05) is 31.6 Å². The molecule has 0 saturated carbocycles. The number of hydrogen-bond donors (Lipinski definition) is 1. The number of rotatable bonds is 8. The van der Waals surface area contributed by atoms with Crippen molar-refractivity contribution in [3.8, 4) is 5.75 Å². The molecule has 122 valence electrons. The fraction of sp³-hybridized carbons (Fsp3) is 0.611. The third kappa shape index (κ3) is 3.80. The van der Waals surface area contributed by atoms with Crippen LogP contribution in [0.5, 0.6) is 5.75 Å². The van der Waals surface area contributed by atoms with Gasteiger partial charge in [-0.3, -0.25) is 9.69 Å². The number of benzene rings is 1. The van der Waals surface area contributed by atoms with Crippen LogP contribution in [-0.4, -0.2) is 43.0 Å². The van der Waals surface area contributed by atoms with Crippen LogP contribution >= 0.6 is 0 Å². The van der Waals surface area contributed by atoms with E-state index in [4.69, 9.17) is 4.74 Å². The van der Waals surface area contributed by atoms with Crippen LogP contribution < -0.4 is 10.1 Å². The summed E-state index contributed by atoms with van der Waals surface area (Å²) in [6, 6.07) is 5.71. The van der Waals surface area contributed by atoms with Crippen LogP contribution in [0, 0.1) is 0 Å². The van der Waals surface area contributed by atoms with Crippen LogP contribution in [0.25, 0.3) is 0 Å². The molecule has 1 N–H and O–H groups in total. The number of nitrogens with zero attached hydrogens (tertiary/aromatic N) is 1. The van der Waals surface area contributed by atoms with E-state index in [1.807, 2.05) is 18.2 Å². The summed E-state index contributed by atoms with van der Waals surface area (Å²) in [4.78, 5) is 15.2. The van der Waals surface area contributed by atoms with Crippen molar-refractivity contribution in [1.29, 1.82) is 0 Å². The molecular weight excluding hydrogens is 276 g/mol. The van der Waals surface area contributed by atoms with Gasteiger partial charge >= 0.3 is 0 Å². The molecule has 1 aliphatic heterocycles. The molecule has 1 aromatic rings. The molecule has 4 heteroatoms. The van der Waals surface area contributed by atoms with Gasteiger partial charge in [-0.05, 0) is 44.1 Å². The molecule has 0 aromatic heterocycles. The van der Waals surface area contributed by atoms with Crippen LogP contribution in [0.1, 0.15) is 50.4 Å². The van der Waals surface area contributed by atoms with E-state index in [2.05, 4.69) is 31.0 Å². The Kier molecular flexibility index (Phi) is 6.25. The Hall–Kier alpha value is -1.55. The van der Waals surface area contributed by atoms with E-state index in [0.29, 0.717) is 6.61 Å². The molecule has 1 aromatic carbocycles. The Labute approximate surface area is 133 Å². The number of ether oxygens (including phenoxy) is 1. The monoisotopic (exact) mass is 304 g/mol. The smallest absolute Gasteiger partial charge is 0.180 e. The van der Waals surface area contributed by atoms with Crippen molar-refractivity contribution < 1.29 is 9.53 Å². The first-order valence-electron chi connectivity index (χ1n) is 8.50. The first-order chi connectivity index (χ1) is 10.7. The first kappa shape index (κ1) is 16.8. The van der Waals surface area contributed by atoms with Crippen molar-refractivity contribution in [3.63, 3.8) is 0 Å². The molecule has 0 radical (unpaired) electrons. The molecule has 4 nitrogen and oxygen atoms in total. The van der Waals surface area contributed by atoms with Gasteiger partial charge in [0.25, 0.3) is 0 Å². The summed E-state index contributed by atoms with van der Waals surface area (Å²) in [5.41, 5.74) is 1.71. The molecule has 2 rings (SSSR count). The number of likely N-dealkylation sites (N-methyl/N-ethyl adjacent to an activating group) is 1. The van der Waals surface area contributed by atoms with Gasteiger partial charge in [0, 0.05) is 12.1 Å². The van der Waals surface area contributed by atoms with E-state index in [0.717, 1.165) is 55.9 Å². The van der Waals surface area contributed by atoms with Crippen LogP contribution in [0.3, 0.4) is 0 Å². The quantitative estimate of drug-likeness (QED) is 0.745. The van der Waals surface area contributed by atoms with E-state index in [1.165, 1.54) is 0 Å². The number of hydrogen-bond acceptors (Lipinski definition) is 4. The Balaban J connectivity index is 2.16. The average molecular weight is 304 g/mol. The Morgan fingerprint density at radius 2 is 2.18 bits per heavy atom. The Morgan fingerprint density at radius 3 is 2.86 bits per heavy atom. The SMILES string of the molecule is CCCCN(CC)C(CC)C(=O)c1ccc2c(c1)NCCO2. The molecule has 0 fully saturated rings. The van der Waals surface area contributed by atoms with Gasteiger partial charge in [-0.2, -0.15) is 0 Å². The number of nitrogens with one attached hydrogen (secondary N) is 1. The lowest BCUT2D eigenvalue weighted by atomic mass is 9.99. The summed E-state index contributed by atoms with van der Waals surface area (Å²) in [6.07, 6.45) is 3.13. The highest BCUT2D eigenvalue weighted by Gasteiger charge is 2.25. The normalized spacial score (nSPS) is 14.9. The third-order valence-corrected chi connectivity index (χ3v) is 4.27. The second-order valence-corrected chi connectivity index (χ2v) is 5.76. The molecule has 0 amide bonds. The van der Waals surface area contributed by atoms with Crippen LogP contribution in [0.15, 0.2) is 18.2 Å². The second kappa shape index (κ2) is 8.18. The summed E-state index contributed by atoms with van der Waals surface area (Å²) in [5.74, 6) is 1.06. The van der Waals surface area contributed by atoms with E-state index in [9.17, 15) is 4.79 Å². The minimum Gasteiger partial charge on any atom is -0.490 e. The lowest BCUT2D eigenvalue weighted by molar-refractivity contribution is 0.0816. The van der Waals surface area contributed by atoms with Crippen LogP contribution in [0.2, 0.25) is 0 Å². The Bertz CT molecular complexity index is 502. The molecule has 1 atom stereocenters. The number of carbonyl (C=O) groups is 1. The zero-order chi connectivity index (χ0) is 15.9. The van der Waals surface area contributed by atoms with Gasteiger partial charge in [0.1, 0.15) is 12.4 Å². The third-order valence-electron chi connectivity index (χ3n) is 4.27. The lowest BCUT2D eigenvalue weighted by Gasteiger charge is -2.29. The standard InChI is InChI=1S/C18H28N2O2/c1-4-7-11-20(6-3)16(5-2)18(21)14-8-9-17-15(13-14)19-10-12-22-17/h8-9,13,16,19H,4-7,10-12H2,1-3H3. The van der Waals surface area contributed by atoms with E-state index in [-0.39, 0.29) is 11.8 Å². The van der Waals surface area contributed by atoms with Gasteiger partial charge in [-0.1, -0.05) is 27.2 Å². The fourth-order valence-corrected chi connectivity index (χ4v) is 2.99. The molecule has 0 aliphatic carbocycles. The number of anilines is 1. The summed E-state index contributed by atoms with van der Waals surface area (Å²) in [7, 11) is 0. The summed E-state index contributed by atoms with van der Waals surface area (Å²) in [5, 5.41) is 3.30. The molecule has 1 aliphatic rings. The maximum Gasteiger partial charge on any atom is 0.180 e. The van der Waals surface area contributed by atoms with Crippen molar-refractivity contribution in [3.05, 3.63) is 23.8 Å². The average Bonchev–Trinajstić information content (AvgIpc) is 2.57. The van der Waals surface area contributed by atoms with E-state index < -0.39 is 0 Å². The maximum atomic E-state index is 12.9. The highest BCUT2D eigenvalue weighted by atomic mass is 16.5. The molecule has 0 saturated heterocycles. The van der Waals surface area contributed by atoms with Crippen molar-refractivity contribution in [1.82, 2.24) is 4.90 Å². The van der Waals surface area contributed by atoms with E-state index in [1.54, 1.807) is 0 Å². The van der Waals surface area contributed by atoms with Gasteiger partial charge in [0.05, 0.1) is 11.7 Å². The first-order valence-corrected chi connectivity index (χ1v) is 8.50. The van der Waals surface area contributed by atoms with Crippen LogP contribution in [0.4, 0.5) is 5.69 Å². The number of unbranched alkanes of at least 4 members (excludes halogenated alkanes) is 1. The molecule has 0 bridgehead atoms.